The van der Waals surface area contributed by atoms with Gasteiger partial charge in [0.15, 0.2) is 0 Å². The van der Waals surface area contributed by atoms with Gasteiger partial charge in [0.1, 0.15) is 0 Å². The monoisotopic (exact) mass is 333 g/mol. The summed E-state index contributed by atoms with van der Waals surface area (Å²) < 4.78 is 52.9. The second kappa shape index (κ2) is 5.82. The van der Waals surface area contributed by atoms with Gasteiger partial charge in [0, 0.05) is 13.1 Å². The lowest BCUT2D eigenvalue weighted by Crippen LogP contribution is -2.34. The highest BCUT2D eigenvalue weighted by atomic mass is 32.2. The van der Waals surface area contributed by atoms with Gasteiger partial charge in [-0.05, 0) is 36.6 Å². The molecule has 1 aliphatic heterocycles. The van der Waals surface area contributed by atoms with Crippen LogP contribution < -0.4 is 13.7 Å². The highest BCUT2D eigenvalue weighted by Gasteiger charge is 2.24. The van der Waals surface area contributed by atoms with E-state index >= 15 is 0 Å². The summed E-state index contributed by atoms with van der Waals surface area (Å²) in [4.78, 5) is 0. The zero-order valence-corrected chi connectivity index (χ0v) is 13.6. The molecule has 2 N–H and O–H groups in total. The molecule has 1 heterocycles. The molecule has 0 bridgehead atoms. The smallest absolute Gasteiger partial charge is 0.271 e. The van der Waals surface area contributed by atoms with Crippen LogP contribution in [0, 0.1) is 0 Å². The van der Waals surface area contributed by atoms with Crippen molar-refractivity contribution in [1.82, 2.24) is 4.72 Å². The van der Waals surface area contributed by atoms with E-state index < -0.39 is 20.2 Å². The molecule has 0 aliphatic carbocycles. The van der Waals surface area contributed by atoms with Crippen molar-refractivity contribution >= 4 is 31.6 Å². The summed E-state index contributed by atoms with van der Waals surface area (Å²) in [7, 11) is -6.90. The molecule has 0 fully saturated rings. The molecule has 0 aromatic heterocycles. The van der Waals surface area contributed by atoms with Crippen molar-refractivity contribution in [3.05, 3.63) is 23.8 Å². The zero-order valence-electron chi connectivity index (χ0n) is 12.0. The topological polar surface area (TPSA) is 95.6 Å². The summed E-state index contributed by atoms with van der Waals surface area (Å²) in [5.41, 5.74) is 1.86. The van der Waals surface area contributed by atoms with Gasteiger partial charge < -0.3 is 0 Å². The number of anilines is 2. The maximum absolute atomic E-state index is 11.8. The van der Waals surface area contributed by atoms with Crippen LogP contribution in [0.15, 0.2) is 18.2 Å². The normalized spacial score (nSPS) is 15.6. The first kappa shape index (κ1) is 16.1. The van der Waals surface area contributed by atoms with Gasteiger partial charge in [-0.15, -0.1) is 0 Å². The predicted molar refractivity (Wildman–Crippen MR) is 83.2 cm³/mol. The molecule has 1 aromatic carbocycles. The number of nitrogens with zero attached hydrogens (tertiary/aromatic N) is 1. The minimum Gasteiger partial charge on any atom is -0.271 e. The fourth-order valence-electron chi connectivity index (χ4n) is 2.35. The third-order valence-corrected chi connectivity index (χ3v) is 5.50. The molecule has 7 nitrogen and oxygen atoms in total. The molecule has 1 aliphatic rings. The van der Waals surface area contributed by atoms with Crippen LogP contribution in [0.25, 0.3) is 0 Å². The average Bonchev–Trinajstić information content (AvgIpc) is 2.36. The summed E-state index contributed by atoms with van der Waals surface area (Å²) in [6.07, 6.45) is 2.60. The van der Waals surface area contributed by atoms with E-state index in [9.17, 15) is 16.8 Å². The summed E-state index contributed by atoms with van der Waals surface area (Å²) in [5.74, 6) is 0. The van der Waals surface area contributed by atoms with Crippen molar-refractivity contribution in [2.24, 2.45) is 0 Å². The Labute approximate surface area is 125 Å². The summed E-state index contributed by atoms with van der Waals surface area (Å²) >= 11 is 0. The van der Waals surface area contributed by atoms with Crippen LogP contribution in [0.5, 0.6) is 0 Å². The molecular weight excluding hydrogens is 314 g/mol. The molecule has 0 spiro atoms. The van der Waals surface area contributed by atoms with Gasteiger partial charge in [0.2, 0.25) is 10.0 Å². The molecule has 0 amide bonds. The number of aryl methyl sites for hydroxylation is 1. The highest BCUT2D eigenvalue weighted by Crippen LogP contribution is 2.31. The lowest BCUT2D eigenvalue weighted by molar-refractivity contribution is 0.588. The fraction of sp³-hybridized carbons (Fsp3) is 0.500. The first-order valence-electron chi connectivity index (χ1n) is 6.61. The first-order valence-corrected chi connectivity index (χ1v) is 9.94. The Hall–Kier alpha value is -1.32. The second-order valence-corrected chi connectivity index (χ2v) is 8.29. The Morgan fingerprint density at radius 3 is 2.57 bits per heavy atom. The standard InChI is InChI=1S/C12H19N3O4S2/c1-3-13-21(18,19)14-11-6-7-12-10(9-11)5-4-8-15(12)20(2,16)17/h6-7,9,13-14H,3-5,8H2,1-2H3. The summed E-state index contributed by atoms with van der Waals surface area (Å²) in [6, 6.07) is 4.89. The number of nitrogens with one attached hydrogen (secondary N) is 2. The summed E-state index contributed by atoms with van der Waals surface area (Å²) in [6.45, 7) is 2.44. The molecule has 9 heteroatoms. The van der Waals surface area contributed by atoms with Crippen LogP contribution in [-0.2, 0) is 26.7 Å². The van der Waals surface area contributed by atoms with Crippen LogP contribution in [0.4, 0.5) is 11.4 Å². The minimum absolute atomic E-state index is 0.294. The third-order valence-electron chi connectivity index (χ3n) is 3.14. The number of sulfonamides is 1. The van der Waals surface area contributed by atoms with Crippen molar-refractivity contribution in [2.45, 2.75) is 19.8 Å². The van der Waals surface area contributed by atoms with Crippen molar-refractivity contribution in [1.29, 1.82) is 0 Å². The first-order chi connectivity index (χ1) is 9.73. The lowest BCUT2D eigenvalue weighted by atomic mass is 10.0. The number of hydrogen-bond acceptors (Lipinski definition) is 4. The van der Waals surface area contributed by atoms with Crippen molar-refractivity contribution in [2.75, 3.05) is 28.4 Å². The molecular formula is C12H19N3O4S2. The SMILES string of the molecule is CCNS(=O)(=O)Nc1ccc2c(c1)CCCN2S(C)(=O)=O. The van der Waals surface area contributed by atoms with E-state index in [1.807, 2.05) is 0 Å². The van der Waals surface area contributed by atoms with E-state index in [2.05, 4.69) is 9.44 Å². The molecule has 0 saturated carbocycles. The van der Waals surface area contributed by atoms with Gasteiger partial charge in [-0.1, -0.05) is 6.92 Å². The van der Waals surface area contributed by atoms with Crippen molar-refractivity contribution in [3.8, 4) is 0 Å². The van der Waals surface area contributed by atoms with Crippen LogP contribution in [0.2, 0.25) is 0 Å². The van der Waals surface area contributed by atoms with Gasteiger partial charge in [-0.3, -0.25) is 9.03 Å². The molecule has 0 unspecified atom stereocenters. The molecule has 1 aromatic rings. The van der Waals surface area contributed by atoms with E-state index in [1.54, 1.807) is 25.1 Å². The molecule has 0 saturated heterocycles. The van der Waals surface area contributed by atoms with Crippen LogP contribution >= 0.6 is 0 Å². The fourth-order valence-corrected chi connectivity index (χ4v) is 4.24. The Bertz CT molecular complexity index is 729. The number of benzene rings is 1. The van der Waals surface area contributed by atoms with Gasteiger partial charge in [0.05, 0.1) is 17.6 Å². The van der Waals surface area contributed by atoms with Crippen LogP contribution in [0.1, 0.15) is 18.9 Å². The van der Waals surface area contributed by atoms with E-state index in [1.165, 1.54) is 10.6 Å². The van der Waals surface area contributed by atoms with Crippen LogP contribution in [-0.4, -0.2) is 36.2 Å². The quantitative estimate of drug-likeness (QED) is 0.827. The van der Waals surface area contributed by atoms with Crippen LogP contribution in [0.3, 0.4) is 0 Å². The molecule has 21 heavy (non-hydrogen) atoms. The Kier molecular flexibility index (Phi) is 4.45. The lowest BCUT2D eigenvalue weighted by Gasteiger charge is -2.29. The van der Waals surface area contributed by atoms with Gasteiger partial charge in [0.25, 0.3) is 10.2 Å². The Morgan fingerprint density at radius 2 is 1.95 bits per heavy atom. The van der Waals surface area contributed by atoms with E-state index in [0.717, 1.165) is 12.0 Å². The van der Waals surface area contributed by atoms with Crippen molar-refractivity contribution in [3.63, 3.8) is 0 Å². The molecule has 0 radical (unpaired) electrons. The summed E-state index contributed by atoms with van der Waals surface area (Å²) in [5, 5.41) is 0. The number of rotatable bonds is 5. The van der Waals surface area contributed by atoms with E-state index in [0.29, 0.717) is 30.9 Å². The second-order valence-electron chi connectivity index (χ2n) is 4.89. The predicted octanol–water partition coefficient (Wildman–Crippen LogP) is 0.665. The minimum atomic E-state index is -3.59. The Balaban J connectivity index is 2.32. The molecule has 2 rings (SSSR count). The largest absolute Gasteiger partial charge is 0.299 e. The zero-order chi connectivity index (χ0) is 15.7. The Morgan fingerprint density at radius 1 is 1.24 bits per heavy atom. The maximum Gasteiger partial charge on any atom is 0.299 e. The van der Waals surface area contributed by atoms with E-state index in [-0.39, 0.29) is 0 Å². The van der Waals surface area contributed by atoms with Gasteiger partial charge >= 0.3 is 0 Å². The van der Waals surface area contributed by atoms with E-state index in [4.69, 9.17) is 0 Å². The van der Waals surface area contributed by atoms with Gasteiger partial charge in [-0.2, -0.15) is 13.1 Å². The number of hydrogen-bond donors (Lipinski definition) is 2. The highest BCUT2D eigenvalue weighted by molar-refractivity contribution is 7.92. The third kappa shape index (κ3) is 3.86. The van der Waals surface area contributed by atoms with Gasteiger partial charge in [-0.25, -0.2) is 8.42 Å². The molecule has 118 valence electrons. The number of fused-ring (bicyclic) bond motifs is 1. The maximum atomic E-state index is 11.8. The molecule has 0 atom stereocenters. The average molecular weight is 333 g/mol. The van der Waals surface area contributed by atoms with Crippen molar-refractivity contribution < 1.29 is 16.8 Å².